The van der Waals surface area contributed by atoms with E-state index in [9.17, 15) is 0 Å². The van der Waals surface area contributed by atoms with Crippen LogP contribution < -0.4 is 0 Å². The van der Waals surface area contributed by atoms with Crippen molar-refractivity contribution in [1.29, 1.82) is 0 Å². The van der Waals surface area contributed by atoms with Crippen molar-refractivity contribution >= 4 is 0 Å². The fraction of sp³-hybridized carbons (Fsp3) is 0.688. The van der Waals surface area contributed by atoms with Crippen molar-refractivity contribution in [2.45, 2.75) is 105 Å². The minimum absolute atomic E-state index is 0.366. The van der Waals surface area contributed by atoms with Crippen LogP contribution in [-0.4, -0.2) is 0 Å². The summed E-state index contributed by atoms with van der Waals surface area (Å²) in [5, 5.41) is 0. The molecule has 5 aliphatic carbocycles. The van der Waals surface area contributed by atoms with Gasteiger partial charge in [-0.05, 0) is 135 Å². The van der Waals surface area contributed by atoms with Gasteiger partial charge in [0.05, 0.1) is 0 Å². The molecule has 0 aliphatic heterocycles. The van der Waals surface area contributed by atoms with Crippen molar-refractivity contribution in [3.8, 4) is 0 Å². The fourth-order valence-electron chi connectivity index (χ4n) is 8.46. The lowest BCUT2D eigenvalue weighted by Gasteiger charge is -2.72. The molecule has 0 aromatic carbocycles. The van der Waals surface area contributed by atoms with Crippen LogP contribution in [0, 0.1) is 96.7 Å². The molecular weight excluding hydrogens is 384 g/mol. The van der Waals surface area contributed by atoms with Crippen molar-refractivity contribution in [3.63, 3.8) is 0 Å². The Morgan fingerprint density at radius 3 is 1.22 bits per heavy atom. The zero-order valence-electron chi connectivity index (χ0n) is 21.3. The molecule has 0 unspecified atom stereocenters. The van der Waals surface area contributed by atoms with Gasteiger partial charge in [0.2, 0.25) is 0 Å². The highest BCUT2D eigenvalue weighted by molar-refractivity contribution is 5.56. The summed E-state index contributed by atoms with van der Waals surface area (Å²) >= 11 is 0. The van der Waals surface area contributed by atoms with Gasteiger partial charge >= 0.3 is 0 Å². The quantitative estimate of drug-likeness (QED) is 0.395. The summed E-state index contributed by atoms with van der Waals surface area (Å²) in [6.07, 6.45) is 32.7. The number of rotatable bonds is 6. The third kappa shape index (κ3) is 3.75. The van der Waals surface area contributed by atoms with E-state index in [-0.39, 0.29) is 0 Å². The van der Waals surface area contributed by atoms with Gasteiger partial charge in [0.1, 0.15) is 0 Å². The molecular formula is C32H46. The van der Waals surface area contributed by atoms with Gasteiger partial charge in [-0.2, -0.15) is 0 Å². The summed E-state index contributed by atoms with van der Waals surface area (Å²) in [6.45, 7) is 9.47. The maximum atomic E-state index is 2.66. The Morgan fingerprint density at radius 1 is 0.562 bits per heavy atom. The second-order valence-corrected chi connectivity index (χ2v) is 12.3. The van der Waals surface area contributed by atoms with Gasteiger partial charge in [0.15, 0.2) is 0 Å². The second-order valence-electron chi connectivity index (χ2n) is 12.3. The van der Waals surface area contributed by atoms with Crippen molar-refractivity contribution < 1.29 is 0 Å². The second kappa shape index (κ2) is 9.57. The zero-order valence-corrected chi connectivity index (χ0v) is 21.3. The van der Waals surface area contributed by atoms with Gasteiger partial charge < -0.3 is 0 Å². The van der Waals surface area contributed by atoms with Crippen molar-refractivity contribution in [1.82, 2.24) is 0 Å². The normalized spacial score (nSPS) is 37.7. The van der Waals surface area contributed by atoms with Crippen molar-refractivity contribution in [2.75, 3.05) is 0 Å². The molecule has 5 saturated carbocycles. The van der Waals surface area contributed by atoms with Crippen LogP contribution in [0.15, 0.2) is 0 Å². The van der Waals surface area contributed by atoms with Crippen molar-refractivity contribution in [3.05, 3.63) is 62.2 Å². The lowest BCUT2D eigenvalue weighted by molar-refractivity contribution is -0.145. The summed E-state index contributed by atoms with van der Waals surface area (Å²) in [5.74, 6) is 9.55. The van der Waals surface area contributed by atoms with Gasteiger partial charge in [-0.3, -0.25) is 0 Å². The maximum Gasteiger partial charge on any atom is -0.00935 e. The Bertz CT molecular complexity index is 552. The molecule has 0 amide bonds. The minimum atomic E-state index is 0.366. The summed E-state index contributed by atoms with van der Waals surface area (Å²) in [5.41, 5.74) is 0.732. The van der Waals surface area contributed by atoms with E-state index >= 15 is 0 Å². The molecule has 0 heterocycles. The Kier molecular flexibility index (Phi) is 7.09. The highest BCUT2D eigenvalue weighted by atomic mass is 14.7. The number of hydrogen-bond acceptors (Lipinski definition) is 0. The van der Waals surface area contributed by atoms with Gasteiger partial charge in [-0.25, -0.2) is 0 Å². The third-order valence-corrected chi connectivity index (χ3v) is 10.2. The summed E-state index contributed by atoms with van der Waals surface area (Å²) < 4.78 is 0. The molecule has 0 aromatic heterocycles. The van der Waals surface area contributed by atoms with E-state index in [2.05, 4.69) is 66.2 Å². The average Bonchev–Trinajstić information content (AvgIpc) is 3.47. The molecule has 10 radical (unpaired) electrons. The summed E-state index contributed by atoms with van der Waals surface area (Å²) in [7, 11) is 0. The van der Waals surface area contributed by atoms with Crippen molar-refractivity contribution in [2.24, 2.45) is 34.5 Å². The average molecular weight is 431 g/mol. The molecule has 0 spiro atoms. The first-order valence-electron chi connectivity index (χ1n) is 14.0. The Hall–Kier alpha value is 0. The van der Waals surface area contributed by atoms with E-state index in [1.54, 1.807) is 23.7 Å². The first kappa shape index (κ1) is 23.7. The molecule has 0 heteroatoms. The van der Waals surface area contributed by atoms with Gasteiger partial charge in [-0.1, -0.05) is 66.2 Å². The van der Waals surface area contributed by atoms with Crippen LogP contribution in [0.5, 0.6) is 0 Å². The monoisotopic (exact) mass is 430 g/mol. The number of hydrogen-bond donors (Lipinski definition) is 0. The van der Waals surface area contributed by atoms with Crippen LogP contribution in [0.3, 0.4) is 0 Å². The van der Waals surface area contributed by atoms with Crippen LogP contribution >= 0.6 is 0 Å². The lowest BCUT2D eigenvalue weighted by Crippen LogP contribution is -2.64. The summed E-state index contributed by atoms with van der Waals surface area (Å²) in [4.78, 5) is 0. The Morgan fingerprint density at radius 2 is 0.938 bits per heavy atom. The SMILES string of the molecule is CC(C)[C]1[CH][CH][C]([C@]2(C3CCCCC3)CC[C@@]2([C]2[CH][CH][C](C(C)C)[CH]2)C2CCCCC2)[CH]1. The Labute approximate surface area is 201 Å². The largest absolute Gasteiger partial charge is 0.0622 e. The third-order valence-electron chi connectivity index (χ3n) is 10.2. The van der Waals surface area contributed by atoms with Crippen LogP contribution in [0.25, 0.3) is 0 Å². The fourth-order valence-corrected chi connectivity index (χ4v) is 8.46. The topological polar surface area (TPSA) is 0 Å². The standard InChI is InChI=1S/C32H46/c1-23(2)25-15-17-29(21-25)31(27-11-7-5-8-12-27)19-20-32(31,28-13-9-6-10-14-28)30-18-16-26(22-30)24(3)4/h15-18,21-24,27-28H,5-14,19-20H2,1-4H3/t31-,32+. The lowest BCUT2D eigenvalue weighted by atomic mass is 9.32. The smallest absolute Gasteiger partial charge is 0.00935 e. The van der Waals surface area contributed by atoms with E-state index in [4.69, 9.17) is 0 Å². The predicted molar refractivity (Wildman–Crippen MR) is 136 cm³/mol. The molecule has 0 N–H and O–H groups in total. The Balaban J connectivity index is 1.54. The molecule has 0 nitrogen and oxygen atoms in total. The zero-order chi connectivity index (χ0) is 22.3. The van der Waals surface area contributed by atoms with Crippen LogP contribution in [0.1, 0.15) is 105 Å². The predicted octanol–water partition coefficient (Wildman–Crippen LogP) is 8.78. The molecule has 0 aromatic rings. The maximum absolute atomic E-state index is 2.66. The van der Waals surface area contributed by atoms with Gasteiger partial charge in [-0.15, -0.1) is 0 Å². The van der Waals surface area contributed by atoms with E-state index < -0.39 is 0 Å². The van der Waals surface area contributed by atoms with E-state index in [0.29, 0.717) is 22.7 Å². The van der Waals surface area contributed by atoms with Crippen LogP contribution in [0.4, 0.5) is 0 Å². The van der Waals surface area contributed by atoms with Gasteiger partial charge in [0, 0.05) is 0 Å². The molecule has 0 bridgehead atoms. The first-order valence-corrected chi connectivity index (χ1v) is 14.0. The highest BCUT2D eigenvalue weighted by Crippen LogP contribution is 2.78. The molecule has 0 saturated heterocycles. The summed E-state index contributed by atoms with van der Waals surface area (Å²) in [6, 6.07) is 0. The highest BCUT2D eigenvalue weighted by Gasteiger charge is 2.71. The molecule has 5 fully saturated rings. The molecule has 5 rings (SSSR count). The minimum Gasteiger partial charge on any atom is -0.0622 e. The first-order chi connectivity index (χ1) is 15.5. The molecule has 32 heavy (non-hydrogen) atoms. The van der Waals surface area contributed by atoms with E-state index in [0.717, 1.165) is 11.8 Å². The van der Waals surface area contributed by atoms with Crippen LogP contribution in [0.2, 0.25) is 0 Å². The van der Waals surface area contributed by atoms with E-state index in [1.165, 1.54) is 77.0 Å². The molecule has 5 aliphatic rings. The van der Waals surface area contributed by atoms with Crippen LogP contribution in [-0.2, 0) is 0 Å². The van der Waals surface area contributed by atoms with Gasteiger partial charge in [0.25, 0.3) is 0 Å². The molecule has 174 valence electrons. The van der Waals surface area contributed by atoms with E-state index in [1.807, 2.05) is 0 Å². The molecule has 2 atom stereocenters.